The normalized spacial score (nSPS) is 12.5. The summed E-state index contributed by atoms with van der Waals surface area (Å²) in [4.78, 5) is 9.03. The van der Waals surface area contributed by atoms with Crippen molar-refractivity contribution in [1.29, 1.82) is 0 Å². The lowest BCUT2D eigenvalue weighted by molar-refractivity contribution is 0.628. The average molecular weight is 259 g/mol. The number of benzene rings is 1. The van der Waals surface area contributed by atoms with Crippen LogP contribution in [0.1, 0.15) is 29.8 Å². The monoisotopic (exact) mass is 259 g/mol. The van der Waals surface area contributed by atoms with Crippen LogP contribution < -0.4 is 5.73 Å². The van der Waals surface area contributed by atoms with Crippen LogP contribution in [0.2, 0.25) is 0 Å². The Hall–Kier alpha value is -1.81. The first-order valence-corrected chi connectivity index (χ1v) is 6.34. The quantitative estimate of drug-likeness (QED) is 0.922. The van der Waals surface area contributed by atoms with E-state index in [1.54, 1.807) is 12.1 Å². The van der Waals surface area contributed by atoms with Crippen molar-refractivity contribution in [2.45, 2.75) is 26.7 Å². The van der Waals surface area contributed by atoms with Gasteiger partial charge in [-0.1, -0.05) is 6.92 Å². The van der Waals surface area contributed by atoms with Gasteiger partial charge in [-0.25, -0.2) is 14.4 Å². The van der Waals surface area contributed by atoms with E-state index in [4.69, 9.17) is 5.73 Å². The highest BCUT2D eigenvalue weighted by atomic mass is 19.1. The van der Waals surface area contributed by atoms with E-state index in [9.17, 15) is 4.39 Å². The summed E-state index contributed by atoms with van der Waals surface area (Å²) in [5.41, 5.74) is 9.50. The largest absolute Gasteiger partial charge is 0.330 e. The third kappa shape index (κ3) is 2.79. The molecule has 1 aromatic carbocycles. The molecule has 100 valence electrons. The predicted molar refractivity (Wildman–Crippen MR) is 74.4 cm³/mol. The van der Waals surface area contributed by atoms with E-state index in [1.165, 1.54) is 12.1 Å². The predicted octanol–water partition coefficient (Wildman–Crippen LogP) is 2.96. The van der Waals surface area contributed by atoms with Crippen molar-refractivity contribution in [2.75, 3.05) is 6.54 Å². The summed E-state index contributed by atoms with van der Waals surface area (Å²) in [6, 6.07) is 6.21. The molecule has 1 atom stereocenters. The lowest BCUT2D eigenvalue weighted by Crippen LogP contribution is -2.14. The van der Waals surface area contributed by atoms with Crippen LogP contribution in [-0.2, 0) is 0 Å². The fourth-order valence-electron chi connectivity index (χ4n) is 2.28. The summed E-state index contributed by atoms with van der Waals surface area (Å²) in [6.45, 7) is 6.56. The fourth-order valence-corrected chi connectivity index (χ4v) is 2.28. The molecule has 0 saturated heterocycles. The zero-order valence-corrected chi connectivity index (χ0v) is 11.4. The lowest BCUT2D eigenvalue weighted by Gasteiger charge is -2.15. The Morgan fingerprint density at radius 1 is 1.11 bits per heavy atom. The van der Waals surface area contributed by atoms with Gasteiger partial charge in [-0.2, -0.15) is 0 Å². The SMILES string of the molecule is Cc1nc(-c2ccc(F)cc2)nc(C)c1C(C)CN. The zero-order valence-electron chi connectivity index (χ0n) is 11.4. The molecule has 0 amide bonds. The highest BCUT2D eigenvalue weighted by Crippen LogP contribution is 2.24. The third-order valence-electron chi connectivity index (χ3n) is 3.28. The Balaban J connectivity index is 2.48. The molecular weight excluding hydrogens is 241 g/mol. The molecule has 1 unspecified atom stereocenters. The highest BCUT2D eigenvalue weighted by molar-refractivity contribution is 5.55. The van der Waals surface area contributed by atoms with E-state index in [0.717, 1.165) is 22.5 Å². The van der Waals surface area contributed by atoms with Crippen LogP contribution in [-0.4, -0.2) is 16.5 Å². The fraction of sp³-hybridized carbons (Fsp3) is 0.333. The van der Waals surface area contributed by atoms with E-state index in [0.29, 0.717) is 12.4 Å². The van der Waals surface area contributed by atoms with Crippen molar-refractivity contribution in [3.8, 4) is 11.4 Å². The number of halogens is 1. The Morgan fingerprint density at radius 3 is 2.11 bits per heavy atom. The highest BCUT2D eigenvalue weighted by Gasteiger charge is 2.14. The topological polar surface area (TPSA) is 51.8 Å². The molecule has 0 spiro atoms. The van der Waals surface area contributed by atoms with Crippen LogP contribution >= 0.6 is 0 Å². The minimum absolute atomic E-state index is 0.238. The van der Waals surface area contributed by atoms with Gasteiger partial charge in [0.2, 0.25) is 0 Å². The molecule has 19 heavy (non-hydrogen) atoms. The van der Waals surface area contributed by atoms with Gasteiger partial charge in [0.1, 0.15) is 5.82 Å². The molecule has 0 saturated carbocycles. The van der Waals surface area contributed by atoms with Gasteiger partial charge < -0.3 is 5.73 Å². The molecule has 0 aliphatic rings. The number of nitrogens with zero attached hydrogens (tertiary/aromatic N) is 2. The smallest absolute Gasteiger partial charge is 0.159 e. The Morgan fingerprint density at radius 2 is 1.63 bits per heavy atom. The molecule has 2 N–H and O–H groups in total. The van der Waals surface area contributed by atoms with E-state index in [-0.39, 0.29) is 11.7 Å². The van der Waals surface area contributed by atoms with Crippen LogP contribution in [0.4, 0.5) is 4.39 Å². The summed E-state index contributed by atoms with van der Waals surface area (Å²) in [7, 11) is 0. The van der Waals surface area contributed by atoms with E-state index < -0.39 is 0 Å². The molecule has 0 bridgehead atoms. The van der Waals surface area contributed by atoms with Gasteiger partial charge in [0.25, 0.3) is 0 Å². The van der Waals surface area contributed by atoms with Gasteiger partial charge in [0.15, 0.2) is 5.82 Å². The summed E-state index contributed by atoms with van der Waals surface area (Å²) in [6.07, 6.45) is 0. The second-order valence-corrected chi connectivity index (χ2v) is 4.78. The van der Waals surface area contributed by atoms with Crippen LogP contribution in [0.3, 0.4) is 0 Å². The number of hydrogen-bond acceptors (Lipinski definition) is 3. The number of aromatic nitrogens is 2. The van der Waals surface area contributed by atoms with Crippen molar-refractivity contribution < 1.29 is 4.39 Å². The van der Waals surface area contributed by atoms with Gasteiger partial charge >= 0.3 is 0 Å². The molecule has 0 aliphatic heterocycles. The summed E-state index contributed by atoms with van der Waals surface area (Å²) in [5.74, 6) is 0.607. The number of hydrogen-bond donors (Lipinski definition) is 1. The lowest BCUT2D eigenvalue weighted by atomic mass is 9.98. The van der Waals surface area contributed by atoms with Crippen molar-refractivity contribution >= 4 is 0 Å². The van der Waals surface area contributed by atoms with Gasteiger partial charge in [-0.15, -0.1) is 0 Å². The molecule has 1 heterocycles. The maximum absolute atomic E-state index is 12.9. The second kappa shape index (κ2) is 5.45. The van der Waals surface area contributed by atoms with Crippen molar-refractivity contribution in [3.05, 3.63) is 47.0 Å². The van der Waals surface area contributed by atoms with Gasteiger partial charge in [-0.05, 0) is 56.1 Å². The molecule has 4 heteroatoms. The first kappa shape index (κ1) is 13.6. The Labute approximate surface area is 112 Å². The van der Waals surface area contributed by atoms with Crippen LogP contribution in [0.15, 0.2) is 24.3 Å². The minimum atomic E-state index is -0.259. The summed E-state index contributed by atoms with van der Waals surface area (Å²) < 4.78 is 12.9. The minimum Gasteiger partial charge on any atom is -0.330 e. The first-order valence-electron chi connectivity index (χ1n) is 6.34. The molecule has 2 aromatic rings. The first-order chi connectivity index (χ1) is 9.02. The van der Waals surface area contributed by atoms with Gasteiger partial charge in [0, 0.05) is 17.0 Å². The second-order valence-electron chi connectivity index (χ2n) is 4.78. The van der Waals surface area contributed by atoms with E-state index in [2.05, 4.69) is 16.9 Å². The molecule has 1 aromatic heterocycles. The van der Waals surface area contributed by atoms with Crippen molar-refractivity contribution in [2.24, 2.45) is 5.73 Å². The van der Waals surface area contributed by atoms with Crippen LogP contribution in [0.5, 0.6) is 0 Å². The maximum Gasteiger partial charge on any atom is 0.159 e. The zero-order chi connectivity index (χ0) is 14.0. The van der Waals surface area contributed by atoms with Gasteiger partial charge in [-0.3, -0.25) is 0 Å². The summed E-state index contributed by atoms with van der Waals surface area (Å²) >= 11 is 0. The molecule has 0 fully saturated rings. The van der Waals surface area contributed by atoms with Crippen LogP contribution in [0.25, 0.3) is 11.4 Å². The number of rotatable bonds is 3. The Kier molecular flexibility index (Phi) is 3.90. The average Bonchev–Trinajstić information content (AvgIpc) is 2.38. The van der Waals surface area contributed by atoms with E-state index in [1.807, 2.05) is 13.8 Å². The summed E-state index contributed by atoms with van der Waals surface area (Å²) in [5, 5.41) is 0. The molecule has 0 aliphatic carbocycles. The van der Waals surface area contributed by atoms with Crippen molar-refractivity contribution in [1.82, 2.24) is 9.97 Å². The molecule has 2 rings (SSSR count). The standard InChI is InChI=1S/C15H18FN3/c1-9(8-17)14-10(2)18-15(19-11(14)3)12-4-6-13(16)7-5-12/h4-7,9H,8,17H2,1-3H3. The molecular formula is C15H18FN3. The van der Waals surface area contributed by atoms with E-state index >= 15 is 0 Å². The molecule has 0 radical (unpaired) electrons. The molecule has 3 nitrogen and oxygen atoms in total. The van der Waals surface area contributed by atoms with Crippen LogP contribution in [0, 0.1) is 19.7 Å². The van der Waals surface area contributed by atoms with Crippen molar-refractivity contribution in [3.63, 3.8) is 0 Å². The number of nitrogens with two attached hydrogens (primary N) is 1. The third-order valence-corrected chi connectivity index (χ3v) is 3.28. The number of aryl methyl sites for hydroxylation is 2. The maximum atomic E-state index is 12.9. The van der Waals surface area contributed by atoms with Gasteiger partial charge in [0.05, 0.1) is 0 Å². The Bertz CT molecular complexity index is 555.